The van der Waals surface area contributed by atoms with E-state index in [1.165, 1.54) is 269 Å². The third-order valence-corrected chi connectivity index (χ3v) is 27.0. The van der Waals surface area contributed by atoms with E-state index in [4.69, 9.17) is 18.9 Å². The molecule has 6 nitrogen and oxygen atoms in total. The van der Waals surface area contributed by atoms with Gasteiger partial charge in [-0.1, -0.05) is 287 Å². The number of benzene rings is 13. The van der Waals surface area contributed by atoms with E-state index >= 15 is 0 Å². The van der Waals surface area contributed by atoms with Crippen molar-refractivity contribution in [3.05, 3.63) is 329 Å². The first-order valence-corrected chi connectivity index (χ1v) is 47.8. The SMILES string of the molecule is CCCCCCc1cc(-c2cc(C)c(-c3cc(C)c(-c4cc(C)c(-c5cc(CCCCCC)c(-c6cc(C)c(-c7cc(C)c(-c8ccc(C(=O)OC)c(OCc9ccccc9)c8)cc7C)cc6C)cc5CCCCCC)cc4C)cc3C)cc2C)c(CCCCCC)cc1-c1cc(C)c(-c2cc(C)c(-c3ccc(C(=O)OC)c(OCc4ccccc4)c3)cc2C)cc1C. The Balaban J connectivity index is 0.809. The molecule has 6 heteroatoms. The highest BCUT2D eigenvalue weighted by Crippen LogP contribution is 2.48. The average molecular weight is 1700 g/mol. The normalized spacial score (nSPS) is 11.4. The smallest absolute Gasteiger partial charge is 0.341 e. The second-order valence-corrected chi connectivity index (χ2v) is 36.9. The number of hydrogen-bond acceptors (Lipinski definition) is 6. The van der Waals surface area contributed by atoms with Gasteiger partial charge >= 0.3 is 11.9 Å². The Morgan fingerprint density at radius 1 is 0.219 bits per heavy atom. The van der Waals surface area contributed by atoms with Gasteiger partial charge in [-0.05, 0) is 395 Å². The number of rotatable bonds is 38. The zero-order valence-corrected chi connectivity index (χ0v) is 80.6. The summed E-state index contributed by atoms with van der Waals surface area (Å²) in [7, 11) is 2.83. The first kappa shape index (κ1) is 94.0. The molecule has 0 bridgehead atoms. The minimum Gasteiger partial charge on any atom is -0.488 e. The van der Waals surface area contributed by atoms with Crippen LogP contribution >= 0.6 is 0 Å². The number of methoxy groups -OCH3 is 2. The molecule has 128 heavy (non-hydrogen) atoms. The predicted octanol–water partition coefficient (Wildman–Crippen LogP) is 33.9. The van der Waals surface area contributed by atoms with Crippen molar-refractivity contribution in [2.75, 3.05) is 14.2 Å². The lowest BCUT2D eigenvalue weighted by molar-refractivity contribution is 0.0586. The van der Waals surface area contributed by atoms with E-state index in [1.54, 1.807) is 0 Å². The standard InChI is InChI=1S/C122H138O6/c1-21-25-29-39-47-93-71-117(95(49-41-31-27-23-3)69-115(93)111-65-83(11)107(61-87(111)15)103-57-77(5)101(55-79(103)7)97-51-53-99(121(123)125-19)119(73-97)127-75-91-43-35-33-36-44-91)113-67-85(13)109(63-89(113)17)105-59-82(10)106(60-81(105)9)110-64-90(18)114(68-86(110)14)118-72-94(48-40-30-26-22-2)116(70-96(118)50-42-32-28-24-4)112-66-84(12)108(62-88(112)16)104-58-78(6)102(56-80(104)8)98-52-54-100(122(124)126-20)120(74-98)128-76-92-45-37-34-38-46-92/h33-38,43-46,51-74H,21-32,39-42,47-50,75-76H2,1-20H3. The summed E-state index contributed by atoms with van der Waals surface area (Å²) in [4.78, 5) is 26.1. The lowest BCUT2D eigenvalue weighted by atomic mass is 9.81. The van der Waals surface area contributed by atoms with Crippen molar-refractivity contribution in [2.24, 2.45) is 0 Å². The number of carbonyl (C=O) groups excluding carboxylic acids is 2. The maximum atomic E-state index is 13.0. The highest BCUT2D eigenvalue weighted by atomic mass is 16.5. The van der Waals surface area contributed by atoms with E-state index < -0.39 is 11.9 Å². The molecule has 0 aromatic heterocycles. The van der Waals surface area contributed by atoms with E-state index in [0.717, 1.165) is 95.9 Å². The number of unbranched alkanes of at least 4 members (excludes halogenated alkanes) is 12. The first-order valence-electron chi connectivity index (χ1n) is 47.8. The van der Waals surface area contributed by atoms with Crippen LogP contribution in [-0.4, -0.2) is 26.2 Å². The maximum absolute atomic E-state index is 13.0. The van der Waals surface area contributed by atoms with Crippen LogP contribution in [-0.2, 0) is 48.4 Å². The molecular formula is C122H138O6. The van der Waals surface area contributed by atoms with Gasteiger partial charge in [-0.3, -0.25) is 0 Å². The Morgan fingerprint density at radius 3 is 0.633 bits per heavy atom. The van der Waals surface area contributed by atoms with Crippen molar-refractivity contribution in [3.63, 3.8) is 0 Å². The molecule has 13 rings (SSSR count). The van der Waals surface area contributed by atoms with Crippen LogP contribution in [0, 0.1) is 96.9 Å². The predicted molar refractivity (Wildman–Crippen MR) is 543 cm³/mol. The Bertz CT molecular complexity index is 5790. The molecule has 0 amide bonds. The Morgan fingerprint density at radius 2 is 0.422 bits per heavy atom. The molecule has 0 radical (unpaired) electrons. The van der Waals surface area contributed by atoms with Crippen molar-refractivity contribution in [2.45, 2.75) is 266 Å². The van der Waals surface area contributed by atoms with E-state index in [0.29, 0.717) is 35.8 Å². The van der Waals surface area contributed by atoms with Gasteiger partial charge in [0.2, 0.25) is 0 Å². The van der Waals surface area contributed by atoms with Gasteiger partial charge in [0.05, 0.1) is 14.2 Å². The molecule has 0 spiro atoms. The molecule has 0 N–H and O–H groups in total. The van der Waals surface area contributed by atoms with Crippen molar-refractivity contribution >= 4 is 11.9 Å². The second-order valence-electron chi connectivity index (χ2n) is 36.9. The number of ether oxygens (including phenoxy) is 4. The van der Waals surface area contributed by atoms with Gasteiger partial charge in [0.1, 0.15) is 35.8 Å². The fraction of sp³-hybridized carbons (Fsp3) is 0.344. The van der Waals surface area contributed by atoms with Gasteiger partial charge in [-0.15, -0.1) is 0 Å². The number of aryl methyl sites for hydroxylation is 18. The van der Waals surface area contributed by atoms with Crippen LogP contribution in [0.15, 0.2) is 206 Å². The molecule has 0 saturated heterocycles. The van der Waals surface area contributed by atoms with Crippen molar-refractivity contribution in [1.82, 2.24) is 0 Å². The lowest BCUT2D eigenvalue weighted by Crippen LogP contribution is -2.06. The maximum Gasteiger partial charge on any atom is 0.341 e. The van der Waals surface area contributed by atoms with Crippen LogP contribution in [0.5, 0.6) is 11.5 Å². The number of hydrogen-bond donors (Lipinski definition) is 0. The molecule has 0 unspecified atom stereocenters. The molecule has 0 saturated carbocycles. The summed E-state index contributed by atoms with van der Waals surface area (Å²) in [5, 5.41) is 0. The van der Waals surface area contributed by atoms with E-state index in [9.17, 15) is 9.59 Å². The summed E-state index contributed by atoms with van der Waals surface area (Å²) in [6.07, 6.45) is 23.3. The van der Waals surface area contributed by atoms with Gasteiger partial charge in [0, 0.05) is 0 Å². The van der Waals surface area contributed by atoms with Crippen LogP contribution < -0.4 is 9.47 Å². The zero-order chi connectivity index (χ0) is 91.0. The van der Waals surface area contributed by atoms with Gasteiger partial charge in [-0.2, -0.15) is 0 Å². The molecule has 0 aliphatic heterocycles. The van der Waals surface area contributed by atoms with Crippen LogP contribution in [0.1, 0.15) is 262 Å². The van der Waals surface area contributed by atoms with E-state index in [2.05, 4.69) is 234 Å². The first-order chi connectivity index (χ1) is 61.8. The fourth-order valence-electron chi connectivity index (χ4n) is 19.6. The summed E-state index contributed by atoms with van der Waals surface area (Å²) in [6.45, 7) is 42.1. The zero-order valence-electron chi connectivity index (χ0n) is 80.6. The minimum absolute atomic E-state index is 0.338. The molecular weight excluding hydrogens is 1560 g/mol. The summed E-state index contributed by atoms with van der Waals surface area (Å²) < 4.78 is 23.2. The monoisotopic (exact) mass is 1700 g/mol. The van der Waals surface area contributed by atoms with Crippen molar-refractivity contribution in [1.29, 1.82) is 0 Å². The molecule has 662 valence electrons. The summed E-state index contributed by atoms with van der Waals surface area (Å²) >= 11 is 0. The lowest BCUT2D eigenvalue weighted by Gasteiger charge is -2.23. The van der Waals surface area contributed by atoms with Gasteiger partial charge in [0.15, 0.2) is 0 Å². The quantitative estimate of drug-likeness (QED) is 0.0284. The van der Waals surface area contributed by atoms with Crippen LogP contribution in [0.2, 0.25) is 0 Å². The van der Waals surface area contributed by atoms with Crippen LogP contribution in [0.3, 0.4) is 0 Å². The van der Waals surface area contributed by atoms with Gasteiger partial charge in [-0.25, -0.2) is 9.59 Å². The largest absolute Gasteiger partial charge is 0.488 e. The topological polar surface area (TPSA) is 71.1 Å². The van der Waals surface area contributed by atoms with Gasteiger partial charge < -0.3 is 18.9 Å². The summed E-state index contributed by atoms with van der Waals surface area (Å²) in [5.41, 5.74) is 51.5. The Labute approximate surface area is 767 Å². The third-order valence-electron chi connectivity index (χ3n) is 27.0. The molecule has 0 aliphatic carbocycles. The van der Waals surface area contributed by atoms with Crippen LogP contribution in [0.25, 0.3) is 111 Å². The highest BCUT2D eigenvalue weighted by molar-refractivity contribution is 5.96. The molecule has 0 aliphatic rings. The summed E-state index contributed by atoms with van der Waals surface area (Å²) in [5.74, 6) is 0.167. The van der Waals surface area contributed by atoms with Crippen LogP contribution in [0.4, 0.5) is 0 Å². The third kappa shape index (κ3) is 21.7. The van der Waals surface area contributed by atoms with Gasteiger partial charge in [0.25, 0.3) is 0 Å². The number of esters is 2. The Hall–Kier alpha value is -11.6. The molecule has 0 heterocycles. The minimum atomic E-state index is -0.421. The highest BCUT2D eigenvalue weighted by Gasteiger charge is 2.26. The fourth-order valence-corrected chi connectivity index (χ4v) is 19.6. The van der Waals surface area contributed by atoms with E-state index in [-0.39, 0.29) is 0 Å². The molecule has 13 aromatic carbocycles. The molecule has 0 fully saturated rings. The number of carbonyl (C=O) groups is 2. The Kier molecular flexibility index (Phi) is 31.9. The van der Waals surface area contributed by atoms with E-state index in [1.807, 2.05) is 97.1 Å². The average Bonchev–Trinajstić information content (AvgIpc) is 0.754. The molecule has 0 atom stereocenters. The summed E-state index contributed by atoms with van der Waals surface area (Å²) in [6, 6.07) is 76.5. The molecule has 13 aromatic rings. The van der Waals surface area contributed by atoms with Crippen molar-refractivity contribution in [3.8, 4) is 123 Å². The van der Waals surface area contributed by atoms with Crippen molar-refractivity contribution < 1.29 is 28.5 Å². The second kappa shape index (κ2) is 43.5.